The van der Waals surface area contributed by atoms with Crippen molar-refractivity contribution in [3.05, 3.63) is 61.0 Å². The minimum Gasteiger partial charge on any atom is -0.493 e. The summed E-state index contributed by atoms with van der Waals surface area (Å²) in [5.74, 6) is 0.786. The molecule has 2 heterocycles. The number of H-pyrrole nitrogens is 1. The summed E-state index contributed by atoms with van der Waals surface area (Å²) in [6.07, 6.45) is 0.0579. The Hall–Kier alpha value is -3.43. The van der Waals surface area contributed by atoms with Gasteiger partial charge in [-0.15, -0.1) is 0 Å². The zero-order valence-corrected chi connectivity index (χ0v) is 18.4. The summed E-state index contributed by atoms with van der Waals surface area (Å²) < 4.78 is 26.4. The summed E-state index contributed by atoms with van der Waals surface area (Å²) in [6.45, 7) is 4.07. The lowest BCUT2D eigenvalue weighted by atomic mass is 10.2. The van der Waals surface area contributed by atoms with Gasteiger partial charge in [0.2, 0.25) is 0 Å². The van der Waals surface area contributed by atoms with E-state index in [0.717, 1.165) is 20.4 Å². The number of hydrogen-bond acceptors (Lipinski definition) is 6. The largest absolute Gasteiger partial charge is 0.493 e. The number of aromatic nitrogens is 4. The zero-order valence-electron chi connectivity index (χ0n) is 18.4. The molecule has 1 N–H and O–H groups in total. The van der Waals surface area contributed by atoms with Crippen LogP contribution in [0.25, 0.3) is 11.0 Å². The molecule has 0 aliphatic heterocycles. The number of rotatable bonds is 10. The number of hydrogen-bond donors (Lipinski definition) is 1. The Morgan fingerprint density at radius 1 is 1.12 bits per heavy atom. The van der Waals surface area contributed by atoms with E-state index < -0.39 is 23.0 Å². The van der Waals surface area contributed by atoms with Crippen molar-refractivity contribution in [1.82, 2.24) is 19.1 Å². The van der Waals surface area contributed by atoms with Crippen molar-refractivity contribution in [2.75, 3.05) is 13.2 Å². The van der Waals surface area contributed by atoms with Crippen molar-refractivity contribution >= 4 is 11.0 Å². The minimum absolute atomic E-state index is 0.0961. The number of halogens is 1. The molecule has 0 bridgehead atoms. The van der Waals surface area contributed by atoms with Gasteiger partial charge in [0.1, 0.15) is 11.3 Å². The first-order valence-electron chi connectivity index (χ1n) is 10.5. The van der Waals surface area contributed by atoms with Crippen molar-refractivity contribution in [1.29, 1.82) is 0 Å². The summed E-state index contributed by atoms with van der Waals surface area (Å²) in [6, 6.07) is 7.54. The molecular weight excluding hydrogens is 419 g/mol. The Kier molecular flexibility index (Phi) is 7.45. The van der Waals surface area contributed by atoms with Crippen LogP contribution in [0.15, 0.2) is 38.6 Å². The van der Waals surface area contributed by atoms with E-state index in [4.69, 9.17) is 9.47 Å². The van der Waals surface area contributed by atoms with Crippen LogP contribution in [0.2, 0.25) is 0 Å². The van der Waals surface area contributed by atoms with Crippen LogP contribution in [-0.4, -0.2) is 38.5 Å². The molecular formula is C22H27FN4O5. The van der Waals surface area contributed by atoms with Crippen molar-refractivity contribution < 1.29 is 13.9 Å². The quantitative estimate of drug-likeness (QED) is 0.478. The number of benzene rings is 1. The molecule has 0 saturated heterocycles. The van der Waals surface area contributed by atoms with Crippen molar-refractivity contribution in [2.45, 2.75) is 45.8 Å². The average molecular weight is 446 g/mol. The molecule has 0 fully saturated rings. The molecule has 1 unspecified atom stereocenters. The predicted molar refractivity (Wildman–Crippen MR) is 118 cm³/mol. The number of fused-ring (bicyclic) bond motifs is 1. The fourth-order valence-corrected chi connectivity index (χ4v) is 3.30. The highest BCUT2D eigenvalue weighted by molar-refractivity contribution is 5.72. The molecule has 0 aliphatic rings. The lowest BCUT2D eigenvalue weighted by Crippen LogP contribution is -2.41. The normalized spacial score (nSPS) is 12.1. The standard InChI is InChI=1S/C22H27FN4O5/c1-14-8-4-5-10-16(14)31-12-7-13-32-21-24-17-18(19(28)25-21)27(11-6-9-15(2)23)22(30)26(3)20(17)29/h4-5,8,10,15H,6-7,9,11-13H2,1-3H3,(H,24,25,28). The van der Waals surface area contributed by atoms with Crippen LogP contribution in [0.5, 0.6) is 11.8 Å². The first-order valence-corrected chi connectivity index (χ1v) is 10.5. The SMILES string of the molecule is Cc1ccccc1OCCCOc1nc2c(=O)n(C)c(=O)n(CCCC(C)F)c2c(=O)[nH]1. The summed E-state index contributed by atoms with van der Waals surface area (Å²) in [7, 11) is 1.31. The highest BCUT2D eigenvalue weighted by Crippen LogP contribution is 2.16. The van der Waals surface area contributed by atoms with Crippen LogP contribution in [0.4, 0.5) is 4.39 Å². The zero-order chi connectivity index (χ0) is 23.3. The van der Waals surface area contributed by atoms with Gasteiger partial charge in [-0.1, -0.05) is 18.2 Å². The molecule has 0 aliphatic carbocycles. The monoisotopic (exact) mass is 446 g/mol. The molecule has 9 nitrogen and oxygen atoms in total. The van der Waals surface area contributed by atoms with Crippen LogP contribution in [-0.2, 0) is 13.6 Å². The van der Waals surface area contributed by atoms with E-state index in [9.17, 15) is 18.8 Å². The molecule has 0 spiro atoms. The van der Waals surface area contributed by atoms with Gasteiger partial charge in [-0.25, -0.2) is 9.18 Å². The number of nitrogens with one attached hydrogen (secondary N) is 1. The lowest BCUT2D eigenvalue weighted by Gasteiger charge is -2.12. The fraction of sp³-hybridized carbons (Fsp3) is 0.455. The molecule has 172 valence electrons. The van der Waals surface area contributed by atoms with Gasteiger partial charge in [-0.3, -0.25) is 23.7 Å². The highest BCUT2D eigenvalue weighted by atomic mass is 19.1. The molecule has 1 aromatic carbocycles. The number of aromatic amines is 1. The molecule has 32 heavy (non-hydrogen) atoms. The third-order valence-electron chi connectivity index (χ3n) is 5.03. The predicted octanol–water partition coefficient (Wildman–Crippen LogP) is 2.08. The van der Waals surface area contributed by atoms with Gasteiger partial charge in [-0.2, -0.15) is 4.98 Å². The van der Waals surface area contributed by atoms with Crippen molar-refractivity contribution in [3.8, 4) is 11.8 Å². The highest BCUT2D eigenvalue weighted by Gasteiger charge is 2.17. The number of para-hydroxylation sites is 1. The average Bonchev–Trinajstić information content (AvgIpc) is 2.75. The second-order valence-corrected chi connectivity index (χ2v) is 7.61. The Morgan fingerprint density at radius 2 is 1.84 bits per heavy atom. The van der Waals surface area contributed by atoms with E-state index in [1.807, 2.05) is 31.2 Å². The van der Waals surface area contributed by atoms with Crippen LogP contribution in [0.1, 0.15) is 31.7 Å². The molecule has 3 aromatic rings. The van der Waals surface area contributed by atoms with Gasteiger partial charge < -0.3 is 9.47 Å². The fourth-order valence-electron chi connectivity index (χ4n) is 3.30. The van der Waals surface area contributed by atoms with Crippen LogP contribution < -0.4 is 26.3 Å². The van der Waals surface area contributed by atoms with Gasteiger partial charge >= 0.3 is 5.69 Å². The molecule has 0 amide bonds. The van der Waals surface area contributed by atoms with Crippen molar-refractivity contribution in [2.24, 2.45) is 7.05 Å². The Morgan fingerprint density at radius 3 is 2.56 bits per heavy atom. The van der Waals surface area contributed by atoms with Crippen LogP contribution in [0.3, 0.4) is 0 Å². The Balaban J connectivity index is 1.75. The summed E-state index contributed by atoms with van der Waals surface area (Å²) in [5.41, 5.74) is -1.29. The van der Waals surface area contributed by atoms with E-state index >= 15 is 0 Å². The smallest absolute Gasteiger partial charge is 0.331 e. The second kappa shape index (κ2) is 10.3. The number of aryl methyl sites for hydroxylation is 2. The van der Waals surface area contributed by atoms with Gasteiger partial charge in [0, 0.05) is 20.0 Å². The number of nitrogens with zero attached hydrogens (tertiary/aromatic N) is 3. The van der Waals surface area contributed by atoms with Gasteiger partial charge in [0.15, 0.2) is 5.52 Å². The van der Waals surface area contributed by atoms with E-state index in [2.05, 4.69) is 9.97 Å². The third-order valence-corrected chi connectivity index (χ3v) is 5.03. The van der Waals surface area contributed by atoms with Crippen LogP contribution >= 0.6 is 0 Å². The molecule has 0 radical (unpaired) electrons. The maximum Gasteiger partial charge on any atom is 0.331 e. The Labute approximate surface area is 183 Å². The van der Waals surface area contributed by atoms with E-state index in [1.165, 1.54) is 14.0 Å². The first-order chi connectivity index (χ1) is 15.3. The summed E-state index contributed by atoms with van der Waals surface area (Å²) >= 11 is 0. The van der Waals surface area contributed by atoms with Gasteiger partial charge in [0.05, 0.1) is 19.4 Å². The maximum atomic E-state index is 13.1. The Bertz CT molecular complexity index is 1260. The minimum atomic E-state index is -1.03. The molecule has 10 heteroatoms. The van der Waals surface area contributed by atoms with E-state index in [-0.39, 0.29) is 36.6 Å². The summed E-state index contributed by atoms with van der Waals surface area (Å²) in [4.78, 5) is 44.3. The summed E-state index contributed by atoms with van der Waals surface area (Å²) in [5, 5.41) is 0. The van der Waals surface area contributed by atoms with Crippen LogP contribution in [0, 0.1) is 6.92 Å². The topological polar surface area (TPSA) is 108 Å². The first kappa shape index (κ1) is 23.2. The van der Waals surface area contributed by atoms with Gasteiger partial charge in [0.25, 0.3) is 17.1 Å². The molecule has 1 atom stereocenters. The number of ether oxygens (including phenoxy) is 2. The molecule has 0 saturated carbocycles. The van der Waals surface area contributed by atoms with E-state index in [1.54, 1.807) is 0 Å². The molecule has 3 rings (SSSR count). The molecule has 2 aromatic heterocycles. The third kappa shape index (κ3) is 5.24. The van der Waals surface area contributed by atoms with Gasteiger partial charge in [-0.05, 0) is 38.3 Å². The lowest BCUT2D eigenvalue weighted by molar-refractivity contribution is 0.235. The maximum absolute atomic E-state index is 13.1. The van der Waals surface area contributed by atoms with Crippen molar-refractivity contribution in [3.63, 3.8) is 0 Å². The second-order valence-electron chi connectivity index (χ2n) is 7.61. The number of alkyl halides is 1. The van der Waals surface area contributed by atoms with E-state index in [0.29, 0.717) is 19.4 Å².